The molecule has 1 aliphatic rings. The second-order valence-corrected chi connectivity index (χ2v) is 7.33. The summed E-state index contributed by atoms with van der Waals surface area (Å²) < 4.78 is 0. The third kappa shape index (κ3) is 3.88. The molecule has 28 heavy (non-hydrogen) atoms. The first-order valence-corrected chi connectivity index (χ1v) is 9.47. The van der Waals surface area contributed by atoms with Gasteiger partial charge in [-0.3, -0.25) is 14.8 Å². The lowest BCUT2D eigenvalue weighted by atomic mass is 10.2. The van der Waals surface area contributed by atoms with Crippen molar-refractivity contribution in [2.75, 3.05) is 0 Å². The summed E-state index contributed by atoms with van der Waals surface area (Å²) in [5.74, 6) is -0.228. The van der Waals surface area contributed by atoms with E-state index in [1.54, 1.807) is 30.3 Å². The molecular weight excluding hydrogens is 394 g/mol. The van der Waals surface area contributed by atoms with Crippen molar-refractivity contribution < 1.29 is 4.79 Å². The lowest BCUT2D eigenvalue weighted by Gasteiger charge is -2.00. The fourth-order valence-electron chi connectivity index (χ4n) is 2.58. The summed E-state index contributed by atoms with van der Waals surface area (Å²) in [4.78, 5) is 25.8. The third-order valence-corrected chi connectivity index (χ3v) is 5.29. The van der Waals surface area contributed by atoms with Crippen LogP contribution in [-0.2, 0) is 11.3 Å². The van der Waals surface area contributed by atoms with E-state index in [2.05, 4.69) is 20.3 Å². The molecule has 1 amide bonds. The van der Waals surface area contributed by atoms with E-state index in [0.717, 1.165) is 5.56 Å². The van der Waals surface area contributed by atoms with Crippen LogP contribution in [0.3, 0.4) is 0 Å². The molecule has 8 heteroatoms. The molecule has 1 aromatic carbocycles. The average molecular weight is 406 g/mol. The van der Waals surface area contributed by atoms with Gasteiger partial charge in [0.25, 0.3) is 5.91 Å². The second kappa shape index (κ2) is 7.80. The molecule has 0 spiro atoms. The molecular formula is C20H12ClN5OS. The summed E-state index contributed by atoms with van der Waals surface area (Å²) in [5, 5.41) is 12.9. The average Bonchev–Trinajstić information content (AvgIpc) is 3.06. The fraction of sp³-hybridized carbons (Fsp3) is 0.0500. The van der Waals surface area contributed by atoms with Crippen molar-refractivity contribution in [2.45, 2.75) is 6.54 Å². The maximum atomic E-state index is 12.2. The minimum absolute atomic E-state index is 0.228. The smallest absolute Gasteiger partial charge is 0.264 e. The Labute approximate surface area is 170 Å². The summed E-state index contributed by atoms with van der Waals surface area (Å²) in [6.45, 7) is 0.381. The highest BCUT2D eigenvalue weighted by molar-refractivity contribution is 8.18. The molecule has 1 aliphatic heterocycles. The van der Waals surface area contributed by atoms with E-state index in [-0.39, 0.29) is 5.91 Å². The molecule has 0 atom stereocenters. The Balaban J connectivity index is 1.56. The predicted octanol–water partition coefficient (Wildman–Crippen LogP) is 3.91. The van der Waals surface area contributed by atoms with Crippen molar-refractivity contribution in [3.63, 3.8) is 0 Å². The van der Waals surface area contributed by atoms with E-state index in [4.69, 9.17) is 16.9 Å². The normalized spacial score (nSPS) is 16.5. The van der Waals surface area contributed by atoms with Crippen LogP contribution in [-0.4, -0.2) is 21.0 Å². The number of amidine groups is 1. The van der Waals surface area contributed by atoms with Gasteiger partial charge in [-0.2, -0.15) is 5.26 Å². The van der Waals surface area contributed by atoms with E-state index < -0.39 is 0 Å². The standard InChI is InChI=1S/C20H12ClN5OS/c21-15-4-2-1-3-13(15)11-24-20-26-19(27)18(28-20)8-14-5-6-16-17(25-14)7-12(9-22)10-23-16/h1-8,10H,11H2,(H,24,26,27)/b18-8-. The minimum Gasteiger partial charge on any atom is -0.301 e. The van der Waals surface area contributed by atoms with Gasteiger partial charge in [0.05, 0.1) is 33.7 Å². The lowest BCUT2D eigenvalue weighted by Crippen LogP contribution is -2.19. The molecule has 0 bridgehead atoms. The van der Waals surface area contributed by atoms with Gasteiger partial charge in [0.2, 0.25) is 0 Å². The topological polar surface area (TPSA) is 91.0 Å². The van der Waals surface area contributed by atoms with Gasteiger partial charge in [-0.15, -0.1) is 0 Å². The number of halogens is 1. The van der Waals surface area contributed by atoms with Crippen LogP contribution in [0.1, 0.15) is 16.8 Å². The van der Waals surface area contributed by atoms with Crippen LogP contribution in [0.25, 0.3) is 17.1 Å². The summed E-state index contributed by atoms with van der Waals surface area (Å²) in [7, 11) is 0. The maximum absolute atomic E-state index is 12.2. The number of rotatable bonds is 3. The molecule has 136 valence electrons. The molecule has 1 N–H and O–H groups in total. The predicted molar refractivity (Wildman–Crippen MR) is 111 cm³/mol. The van der Waals surface area contributed by atoms with E-state index >= 15 is 0 Å². The van der Waals surface area contributed by atoms with Gasteiger partial charge in [-0.05, 0) is 47.7 Å². The highest BCUT2D eigenvalue weighted by atomic mass is 35.5. The molecule has 0 aliphatic carbocycles. The number of nitriles is 1. The molecule has 4 rings (SSSR count). The van der Waals surface area contributed by atoms with Gasteiger partial charge >= 0.3 is 0 Å². The Bertz CT molecular complexity index is 1200. The number of fused-ring (bicyclic) bond motifs is 1. The fourth-order valence-corrected chi connectivity index (χ4v) is 3.58. The number of nitrogens with one attached hydrogen (secondary N) is 1. The van der Waals surface area contributed by atoms with Crippen LogP contribution in [0.15, 0.2) is 58.6 Å². The number of pyridine rings is 2. The van der Waals surface area contributed by atoms with Gasteiger partial charge < -0.3 is 5.32 Å². The zero-order valence-electron chi connectivity index (χ0n) is 14.4. The number of thioether (sulfide) groups is 1. The van der Waals surface area contributed by atoms with E-state index in [0.29, 0.717) is 43.9 Å². The molecule has 1 fully saturated rings. The Morgan fingerprint density at radius 3 is 2.93 bits per heavy atom. The van der Waals surface area contributed by atoms with Gasteiger partial charge in [0.1, 0.15) is 6.07 Å². The molecule has 6 nitrogen and oxygen atoms in total. The summed E-state index contributed by atoms with van der Waals surface area (Å²) in [6.07, 6.45) is 3.20. The first-order valence-electron chi connectivity index (χ1n) is 8.28. The Kier molecular flexibility index (Phi) is 5.06. The van der Waals surface area contributed by atoms with Crippen LogP contribution >= 0.6 is 23.4 Å². The molecule has 3 heterocycles. The van der Waals surface area contributed by atoms with E-state index in [9.17, 15) is 4.79 Å². The van der Waals surface area contributed by atoms with Gasteiger partial charge in [0.15, 0.2) is 5.17 Å². The van der Waals surface area contributed by atoms with Crippen molar-refractivity contribution in [3.8, 4) is 6.07 Å². The van der Waals surface area contributed by atoms with Crippen molar-refractivity contribution in [2.24, 2.45) is 4.99 Å². The number of nitrogens with zero attached hydrogens (tertiary/aromatic N) is 4. The molecule has 2 aromatic heterocycles. The van der Waals surface area contributed by atoms with Gasteiger partial charge in [0, 0.05) is 11.2 Å². The second-order valence-electron chi connectivity index (χ2n) is 5.89. The molecule has 0 unspecified atom stereocenters. The largest absolute Gasteiger partial charge is 0.301 e. The van der Waals surface area contributed by atoms with Crippen molar-refractivity contribution in [3.05, 3.63) is 75.4 Å². The SMILES string of the molecule is N#Cc1cnc2ccc(/C=C3\SC(=NCc4ccccc4Cl)NC3=O)nc2c1. The Morgan fingerprint density at radius 2 is 2.11 bits per heavy atom. The third-order valence-electron chi connectivity index (χ3n) is 3.97. The number of aromatic nitrogens is 2. The summed E-state index contributed by atoms with van der Waals surface area (Å²) in [6, 6.07) is 14.8. The molecule has 0 radical (unpaired) electrons. The van der Waals surface area contributed by atoms with Crippen LogP contribution in [0.2, 0.25) is 5.02 Å². The van der Waals surface area contributed by atoms with E-state index in [1.165, 1.54) is 18.0 Å². The van der Waals surface area contributed by atoms with Crippen LogP contribution in [0, 0.1) is 11.3 Å². The summed E-state index contributed by atoms with van der Waals surface area (Å²) in [5.41, 5.74) is 3.22. The highest BCUT2D eigenvalue weighted by Gasteiger charge is 2.23. The van der Waals surface area contributed by atoms with Crippen molar-refractivity contribution in [1.29, 1.82) is 5.26 Å². The van der Waals surface area contributed by atoms with E-state index in [1.807, 2.05) is 24.3 Å². The number of hydrogen-bond donors (Lipinski definition) is 1. The minimum atomic E-state index is -0.228. The number of benzene rings is 1. The zero-order valence-corrected chi connectivity index (χ0v) is 16.0. The molecule has 0 saturated carbocycles. The van der Waals surface area contributed by atoms with Crippen molar-refractivity contribution in [1.82, 2.24) is 15.3 Å². The highest BCUT2D eigenvalue weighted by Crippen LogP contribution is 2.27. The molecule has 1 saturated heterocycles. The number of carbonyl (C=O) groups is 1. The number of hydrogen-bond acceptors (Lipinski definition) is 6. The van der Waals surface area contributed by atoms with Crippen LogP contribution in [0.4, 0.5) is 0 Å². The van der Waals surface area contributed by atoms with Crippen molar-refractivity contribution >= 4 is 51.5 Å². The Morgan fingerprint density at radius 1 is 1.25 bits per heavy atom. The Hall–Kier alpha value is -3.21. The zero-order chi connectivity index (χ0) is 19.5. The molecule has 3 aromatic rings. The number of amides is 1. The monoisotopic (exact) mass is 405 g/mol. The van der Waals surface area contributed by atoms with Gasteiger partial charge in [-0.25, -0.2) is 4.98 Å². The maximum Gasteiger partial charge on any atom is 0.264 e. The van der Waals surface area contributed by atoms with Crippen LogP contribution < -0.4 is 5.32 Å². The first-order chi connectivity index (χ1) is 13.6. The quantitative estimate of drug-likeness (QED) is 0.667. The number of carbonyl (C=O) groups excluding carboxylic acids is 1. The summed E-state index contributed by atoms with van der Waals surface area (Å²) >= 11 is 7.39. The van der Waals surface area contributed by atoms with Crippen LogP contribution in [0.5, 0.6) is 0 Å². The lowest BCUT2D eigenvalue weighted by molar-refractivity contribution is -0.115. The van der Waals surface area contributed by atoms with Gasteiger partial charge in [-0.1, -0.05) is 29.8 Å². The number of aliphatic imine (C=N–C) groups is 1. The first kappa shape index (κ1) is 18.2.